The third kappa shape index (κ3) is 3.95. The molecule has 0 saturated carbocycles. The molecule has 0 aliphatic carbocycles. The molecular formula is C28H23NO3. The van der Waals surface area contributed by atoms with Crippen molar-refractivity contribution in [1.82, 2.24) is 4.57 Å². The zero-order valence-electron chi connectivity index (χ0n) is 17.6. The molecule has 5 aromatic rings. The van der Waals surface area contributed by atoms with E-state index in [2.05, 4.69) is 34.9 Å². The molecule has 0 aliphatic rings. The normalized spacial score (nSPS) is 11.0. The van der Waals surface area contributed by atoms with Gasteiger partial charge in [-0.1, -0.05) is 72.8 Å². The van der Waals surface area contributed by atoms with E-state index < -0.39 is 0 Å². The minimum atomic E-state index is -0.307. The van der Waals surface area contributed by atoms with E-state index in [-0.39, 0.29) is 12.6 Å². The van der Waals surface area contributed by atoms with E-state index in [0.717, 1.165) is 33.1 Å². The Morgan fingerprint density at radius 3 is 2.22 bits per heavy atom. The number of nitrogens with zero attached hydrogens (tertiary/aromatic N) is 1. The predicted molar refractivity (Wildman–Crippen MR) is 127 cm³/mol. The Bertz CT molecular complexity index is 1360. The van der Waals surface area contributed by atoms with E-state index in [1.807, 2.05) is 60.7 Å². The van der Waals surface area contributed by atoms with Crippen LogP contribution in [0.2, 0.25) is 0 Å². The maximum Gasteiger partial charge on any atom is 0.338 e. The first kappa shape index (κ1) is 19.9. The third-order valence-electron chi connectivity index (χ3n) is 5.55. The highest BCUT2D eigenvalue weighted by molar-refractivity contribution is 6.11. The first-order valence-electron chi connectivity index (χ1n) is 10.7. The van der Waals surface area contributed by atoms with E-state index in [9.17, 15) is 4.79 Å². The number of para-hydroxylation sites is 1. The lowest BCUT2D eigenvalue weighted by molar-refractivity contribution is 0.0493. The van der Waals surface area contributed by atoms with Crippen molar-refractivity contribution in [2.24, 2.45) is 0 Å². The van der Waals surface area contributed by atoms with E-state index in [1.165, 1.54) is 0 Å². The van der Waals surface area contributed by atoms with Crippen LogP contribution in [0.4, 0.5) is 0 Å². The van der Waals surface area contributed by atoms with Crippen LogP contribution in [0.5, 0.6) is 5.75 Å². The quantitative estimate of drug-likeness (QED) is 0.293. The van der Waals surface area contributed by atoms with Crippen LogP contribution in [0.25, 0.3) is 21.8 Å². The van der Waals surface area contributed by atoms with E-state index >= 15 is 0 Å². The lowest BCUT2D eigenvalue weighted by atomic mass is 10.1. The molecular weight excluding hydrogens is 398 g/mol. The molecule has 0 saturated heterocycles. The van der Waals surface area contributed by atoms with Gasteiger partial charge in [-0.2, -0.15) is 0 Å². The van der Waals surface area contributed by atoms with Crippen molar-refractivity contribution in [3.8, 4) is 5.75 Å². The Balaban J connectivity index is 1.43. The molecule has 1 aromatic heterocycles. The van der Waals surface area contributed by atoms with Crippen molar-refractivity contribution in [3.63, 3.8) is 0 Å². The van der Waals surface area contributed by atoms with Crippen molar-refractivity contribution >= 4 is 27.8 Å². The number of benzene rings is 4. The Morgan fingerprint density at radius 2 is 1.41 bits per heavy atom. The van der Waals surface area contributed by atoms with Crippen molar-refractivity contribution < 1.29 is 14.3 Å². The number of hydrogen-bond acceptors (Lipinski definition) is 3. The van der Waals surface area contributed by atoms with Gasteiger partial charge >= 0.3 is 5.97 Å². The van der Waals surface area contributed by atoms with Crippen LogP contribution in [0, 0.1) is 0 Å². The van der Waals surface area contributed by atoms with Crippen LogP contribution in [-0.2, 0) is 17.9 Å². The molecule has 0 amide bonds. The lowest BCUT2D eigenvalue weighted by Gasteiger charge is -2.10. The van der Waals surface area contributed by atoms with Crippen molar-refractivity contribution in [3.05, 3.63) is 114 Å². The minimum absolute atomic E-state index is 0.288. The van der Waals surface area contributed by atoms with Gasteiger partial charge in [0.05, 0.1) is 17.6 Å². The molecule has 32 heavy (non-hydrogen) atoms. The average Bonchev–Trinajstić information content (AvgIpc) is 3.18. The minimum Gasteiger partial charge on any atom is -0.488 e. The molecule has 0 fully saturated rings. The number of carbonyl (C=O) groups excluding carboxylic acids is 1. The van der Waals surface area contributed by atoms with Gasteiger partial charge in [-0.15, -0.1) is 0 Å². The Morgan fingerprint density at radius 1 is 0.719 bits per heavy atom. The molecule has 0 bridgehead atoms. The summed E-state index contributed by atoms with van der Waals surface area (Å²) in [5.41, 5.74) is 3.84. The topological polar surface area (TPSA) is 40.5 Å². The van der Waals surface area contributed by atoms with Gasteiger partial charge in [-0.3, -0.25) is 0 Å². The summed E-state index contributed by atoms with van der Waals surface area (Å²) in [6.45, 7) is 1.36. The largest absolute Gasteiger partial charge is 0.488 e. The number of ether oxygens (including phenoxy) is 2. The van der Waals surface area contributed by atoms with Gasteiger partial charge in [0.15, 0.2) is 0 Å². The summed E-state index contributed by atoms with van der Waals surface area (Å²) >= 11 is 0. The van der Waals surface area contributed by atoms with Gasteiger partial charge in [0.1, 0.15) is 19.0 Å². The molecule has 158 valence electrons. The molecule has 0 radical (unpaired) electrons. The zero-order chi connectivity index (χ0) is 21.8. The molecule has 5 rings (SSSR count). The van der Waals surface area contributed by atoms with Crippen molar-refractivity contribution in [1.29, 1.82) is 0 Å². The third-order valence-corrected chi connectivity index (χ3v) is 5.55. The van der Waals surface area contributed by atoms with Crippen LogP contribution < -0.4 is 4.74 Å². The average molecular weight is 421 g/mol. The number of esters is 1. The zero-order valence-corrected chi connectivity index (χ0v) is 17.6. The Kier molecular flexibility index (Phi) is 5.58. The highest BCUT2D eigenvalue weighted by Crippen LogP contribution is 2.36. The van der Waals surface area contributed by atoms with Crippen LogP contribution in [0.1, 0.15) is 15.9 Å². The standard InChI is InChI=1S/C28H23NO3/c30-28(22-12-5-2-6-13-22)31-19-18-29-24-15-8-7-14-23(24)27-25(29)16-9-17-26(27)32-20-21-10-3-1-4-11-21/h1-17H,18-20H2. The fourth-order valence-corrected chi connectivity index (χ4v) is 4.05. The van der Waals surface area contributed by atoms with E-state index in [1.54, 1.807) is 12.1 Å². The summed E-state index contributed by atoms with van der Waals surface area (Å²) in [6.07, 6.45) is 0. The highest BCUT2D eigenvalue weighted by atomic mass is 16.5. The molecule has 0 spiro atoms. The number of rotatable bonds is 7. The summed E-state index contributed by atoms with van der Waals surface area (Å²) in [5, 5.41) is 2.20. The number of aromatic nitrogens is 1. The number of hydrogen-bond donors (Lipinski definition) is 0. The first-order valence-corrected chi connectivity index (χ1v) is 10.7. The van der Waals surface area contributed by atoms with Gasteiger partial charge in [0.25, 0.3) is 0 Å². The van der Waals surface area contributed by atoms with Crippen LogP contribution in [-0.4, -0.2) is 17.1 Å². The Labute approximate surface area is 186 Å². The molecule has 1 heterocycles. The highest BCUT2D eigenvalue weighted by Gasteiger charge is 2.15. The maximum atomic E-state index is 12.3. The van der Waals surface area contributed by atoms with Crippen LogP contribution in [0.3, 0.4) is 0 Å². The summed E-state index contributed by atoms with van der Waals surface area (Å²) < 4.78 is 14.0. The van der Waals surface area contributed by atoms with Gasteiger partial charge in [0, 0.05) is 16.3 Å². The molecule has 0 aliphatic heterocycles. The van der Waals surface area contributed by atoms with Gasteiger partial charge in [0.2, 0.25) is 0 Å². The second kappa shape index (κ2) is 8.98. The molecule has 0 atom stereocenters. The maximum absolute atomic E-state index is 12.3. The lowest BCUT2D eigenvalue weighted by Crippen LogP contribution is -2.11. The molecule has 4 aromatic carbocycles. The van der Waals surface area contributed by atoms with Crippen LogP contribution in [0.15, 0.2) is 103 Å². The summed E-state index contributed by atoms with van der Waals surface area (Å²) in [7, 11) is 0. The number of fused-ring (bicyclic) bond motifs is 3. The fourth-order valence-electron chi connectivity index (χ4n) is 4.05. The van der Waals surface area contributed by atoms with Gasteiger partial charge in [-0.25, -0.2) is 4.79 Å². The number of carbonyl (C=O) groups is 1. The molecule has 0 N–H and O–H groups in total. The molecule has 0 unspecified atom stereocenters. The fraction of sp³-hybridized carbons (Fsp3) is 0.107. The molecule has 4 nitrogen and oxygen atoms in total. The van der Waals surface area contributed by atoms with Crippen molar-refractivity contribution in [2.75, 3.05) is 6.61 Å². The van der Waals surface area contributed by atoms with Gasteiger partial charge < -0.3 is 14.0 Å². The molecule has 4 heteroatoms. The second-order valence-electron chi connectivity index (χ2n) is 7.60. The second-order valence-corrected chi connectivity index (χ2v) is 7.60. The smallest absolute Gasteiger partial charge is 0.338 e. The summed E-state index contributed by atoms with van der Waals surface area (Å²) in [4.78, 5) is 12.3. The van der Waals surface area contributed by atoms with E-state index in [4.69, 9.17) is 9.47 Å². The van der Waals surface area contributed by atoms with Gasteiger partial charge in [-0.05, 0) is 35.9 Å². The predicted octanol–water partition coefficient (Wildman–Crippen LogP) is 6.23. The van der Waals surface area contributed by atoms with Crippen LogP contribution >= 0.6 is 0 Å². The summed E-state index contributed by atoms with van der Waals surface area (Å²) in [6, 6.07) is 33.6. The summed E-state index contributed by atoms with van der Waals surface area (Å²) in [5.74, 6) is 0.542. The SMILES string of the molecule is O=C(OCCn1c2ccccc2c2c(OCc3ccccc3)cccc21)c1ccccc1. The van der Waals surface area contributed by atoms with Crippen molar-refractivity contribution in [2.45, 2.75) is 13.2 Å². The monoisotopic (exact) mass is 421 g/mol. The first-order chi connectivity index (χ1) is 15.8. The Hall–Kier alpha value is -4.05. The van der Waals surface area contributed by atoms with E-state index in [0.29, 0.717) is 18.7 Å².